The molecule has 134 valence electrons. The number of halogens is 4. The monoisotopic (exact) mass is 391 g/mol. The SMILES string of the molecule is CCOC(=O)Cc1csc(NN=Cc2cc(Cl)ccc2C(F)(F)F)n1. The van der Waals surface area contributed by atoms with Crippen molar-refractivity contribution in [2.45, 2.75) is 19.5 Å². The summed E-state index contributed by atoms with van der Waals surface area (Å²) in [7, 11) is 0. The molecule has 0 radical (unpaired) electrons. The summed E-state index contributed by atoms with van der Waals surface area (Å²) in [4.78, 5) is 15.5. The summed E-state index contributed by atoms with van der Waals surface area (Å²) < 4.78 is 43.6. The van der Waals surface area contributed by atoms with Gasteiger partial charge in [0.05, 0.1) is 30.5 Å². The number of carbonyl (C=O) groups excluding carboxylic acids is 1. The Kier molecular flexibility index (Phi) is 6.38. The summed E-state index contributed by atoms with van der Waals surface area (Å²) in [6, 6.07) is 3.23. The highest BCUT2D eigenvalue weighted by Crippen LogP contribution is 2.32. The molecule has 0 saturated heterocycles. The smallest absolute Gasteiger partial charge is 0.417 e. The van der Waals surface area contributed by atoms with Gasteiger partial charge in [0, 0.05) is 16.0 Å². The first-order valence-corrected chi connectivity index (χ1v) is 8.31. The molecule has 0 atom stereocenters. The summed E-state index contributed by atoms with van der Waals surface area (Å²) in [5, 5.41) is 5.89. The van der Waals surface area contributed by atoms with E-state index in [-0.39, 0.29) is 23.6 Å². The summed E-state index contributed by atoms with van der Waals surface area (Å²) in [5.74, 6) is -0.406. The van der Waals surface area contributed by atoms with Crippen molar-refractivity contribution in [3.8, 4) is 0 Å². The fourth-order valence-corrected chi connectivity index (χ4v) is 2.69. The number of benzene rings is 1. The number of aromatic nitrogens is 1. The highest BCUT2D eigenvalue weighted by Gasteiger charge is 2.32. The van der Waals surface area contributed by atoms with Crippen molar-refractivity contribution in [2.24, 2.45) is 5.10 Å². The van der Waals surface area contributed by atoms with E-state index in [4.69, 9.17) is 16.3 Å². The fraction of sp³-hybridized carbons (Fsp3) is 0.267. The molecule has 2 aromatic rings. The number of hydrazone groups is 1. The Bertz CT molecular complexity index is 778. The molecule has 2 rings (SSSR count). The number of ether oxygens (including phenoxy) is 1. The number of hydrogen-bond acceptors (Lipinski definition) is 6. The predicted molar refractivity (Wildman–Crippen MR) is 90.1 cm³/mol. The molecule has 1 N–H and O–H groups in total. The molecular weight excluding hydrogens is 379 g/mol. The number of esters is 1. The van der Waals surface area contributed by atoms with E-state index in [0.717, 1.165) is 18.3 Å². The molecule has 25 heavy (non-hydrogen) atoms. The summed E-state index contributed by atoms with van der Waals surface area (Å²) in [5.41, 5.74) is 2.00. The number of anilines is 1. The van der Waals surface area contributed by atoms with Gasteiger partial charge in [-0.25, -0.2) is 4.98 Å². The third-order valence-electron chi connectivity index (χ3n) is 2.87. The van der Waals surface area contributed by atoms with Crippen LogP contribution in [-0.4, -0.2) is 23.8 Å². The largest absolute Gasteiger partial charge is 0.466 e. The van der Waals surface area contributed by atoms with E-state index in [2.05, 4.69) is 15.5 Å². The lowest BCUT2D eigenvalue weighted by Crippen LogP contribution is -2.09. The highest BCUT2D eigenvalue weighted by atomic mass is 35.5. The molecule has 1 aromatic carbocycles. The van der Waals surface area contributed by atoms with Crippen LogP contribution in [0.25, 0.3) is 0 Å². The van der Waals surface area contributed by atoms with Crippen molar-refractivity contribution in [3.05, 3.63) is 45.4 Å². The maximum Gasteiger partial charge on any atom is 0.417 e. The Morgan fingerprint density at radius 1 is 1.48 bits per heavy atom. The molecule has 5 nitrogen and oxygen atoms in total. The van der Waals surface area contributed by atoms with E-state index in [9.17, 15) is 18.0 Å². The minimum atomic E-state index is -4.51. The van der Waals surface area contributed by atoms with Gasteiger partial charge < -0.3 is 4.74 Å². The number of nitrogens with one attached hydrogen (secondary N) is 1. The third kappa shape index (κ3) is 5.71. The van der Waals surface area contributed by atoms with Gasteiger partial charge in [-0.05, 0) is 25.1 Å². The first kappa shape index (κ1) is 19.2. The minimum Gasteiger partial charge on any atom is -0.466 e. The molecule has 1 heterocycles. The van der Waals surface area contributed by atoms with Gasteiger partial charge in [0.25, 0.3) is 0 Å². The number of thiazole rings is 1. The van der Waals surface area contributed by atoms with Crippen molar-refractivity contribution >= 4 is 40.3 Å². The van der Waals surface area contributed by atoms with Crippen LogP contribution in [-0.2, 0) is 22.1 Å². The maximum absolute atomic E-state index is 12.9. The van der Waals surface area contributed by atoms with Gasteiger partial charge >= 0.3 is 12.1 Å². The summed E-state index contributed by atoms with van der Waals surface area (Å²) in [6.07, 6.45) is -3.48. The van der Waals surface area contributed by atoms with Crippen molar-refractivity contribution in [3.63, 3.8) is 0 Å². The zero-order chi connectivity index (χ0) is 18.4. The van der Waals surface area contributed by atoms with Crippen molar-refractivity contribution in [2.75, 3.05) is 12.0 Å². The van der Waals surface area contributed by atoms with Gasteiger partial charge in [-0.3, -0.25) is 10.2 Å². The number of rotatable bonds is 6. The highest BCUT2D eigenvalue weighted by molar-refractivity contribution is 7.13. The van der Waals surface area contributed by atoms with Crippen LogP contribution in [0.15, 0.2) is 28.7 Å². The molecule has 0 aliphatic carbocycles. The zero-order valence-electron chi connectivity index (χ0n) is 12.9. The normalized spacial score (nSPS) is 11.7. The second kappa shape index (κ2) is 8.30. The van der Waals surface area contributed by atoms with E-state index in [1.165, 1.54) is 17.4 Å². The second-order valence-corrected chi connectivity index (χ2v) is 6.02. The first-order valence-electron chi connectivity index (χ1n) is 7.05. The maximum atomic E-state index is 12.9. The van der Waals surface area contributed by atoms with Crippen LogP contribution in [0, 0.1) is 0 Å². The number of nitrogens with zero attached hydrogens (tertiary/aromatic N) is 2. The Hall–Kier alpha value is -2.13. The van der Waals surface area contributed by atoms with Crippen LogP contribution >= 0.6 is 22.9 Å². The van der Waals surface area contributed by atoms with E-state index in [0.29, 0.717) is 10.8 Å². The van der Waals surface area contributed by atoms with E-state index < -0.39 is 17.7 Å². The fourth-order valence-electron chi connectivity index (χ4n) is 1.86. The van der Waals surface area contributed by atoms with Crippen molar-refractivity contribution < 1.29 is 22.7 Å². The molecule has 0 fully saturated rings. The molecule has 0 bridgehead atoms. The third-order valence-corrected chi connectivity index (χ3v) is 3.90. The van der Waals surface area contributed by atoms with Crippen LogP contribution in [0.1, 0.15) is 23.7 Å². The lowest BCUT2D eigenvalue weighted by atomic mass is 10.1. The van der Waals surface area contributed by atoms with Gasteiger partial charge in [-0.15, -0.1) is 11.3 Å². The molecule has 0 aliphatic rings. The lowest BCUT2D eigenvalue weighted by molar-refractivity contribution is -0.142. The van der Waals surface area contributed by atoms with Crippen molar-refractivity contribution in [1.82, 2.24) is 4.98 Å². The number of alkyl halides is 3. The Balaban J connectivity index is 2.06. The van der Waals surface area contributed by atoms with E-state index >= 15 is 0 Å². The summed E-state index contributed by atoms with van der Waals surface area (Å²) >= 11 is 6.90. The first-order chi connectivity index (χ1) is 11.8. The van der Waals surface area contributed by atoms with E-state index in [1.54, 1.807) is 12.3 Å². The Morgan fingerprint density at radius 2 is 2.24 bits per heavy atom. The standard InChI is InChI=1S/C15H13ClF3N3O2S/c1-2-24-13(23)6-11-8-25-14(21-11)22-20-7-9-5-10(16)3-4-12(9)15(17,18)19/h3-5,7-8H,2,6H2,1H3,(H,21,22). The topological polar surface area (TPSA) is 63.6 Å². The summed E-state index contributed by atoms with van der Waals surface area (Å²) in [6.45, 7) is 1.98. The second-order valence-electron chi connectivity index (χ2n) is 4.73. The van der Waals surface area contributed by atoms with Gasteiger partial charge in [0.2, 0.25) is 5.13 Å². The van der Waals surface area contributed by atoms with Gasteiger partial charge in [0.15, 0.2) is 0 Å². The van der Waals surface area contributed by atoms with Crippen molar-refractivity contribution in [1.29, 1.82) is 0 Å². The van der Waals surface area contributed by atoms with Gasteiger partial charge in [-0.2, -0.15) is 18.3 Å². The molecule has 1 aromatic heterocycles. The Morgan fingerprint density at radius 3 is 2.92 bits per heavy atom. The van der Waals surface area contributed by atoms with Crippen LogP contribution < -0.4 is 5.43 Å². The van der Waals surface area contributed by atoms with Crippen LogP contribution in [0.2, 0.25) is 5.02 Å². The lowest BCUT2D eigenvalue weighted by Gasteiger charge is -2.09. The molecule has 0 aliphatic heterocycles. The van der Waals surface area contributed by atoms with Crippen LogP contribution in [0.3, 0.4) is 0 Å². The Labute approximate surface area is 150 Å². The minimum absolute atomic E-state index is 0.0161. The van der Waals surface area contributed by atoms with Gasteiger partial charge in [-0.1, -0.05) is 11.6 Å². The van der Waals surface area contributed by atoms with E-state index in [1.807, 2.05) is 0 Å². The molecular formula is C15H13ClF3N3O2S. The van der Waals surface area contributed by atoms with Crippen LogP contribution in [0.5, 0.6) is 0 Å². The predicted octanol–water partition coefficient (Wildman–Crippen LogP) is 4.37. The molecule has 0 unspecified atom stereocenters. The average molecular weight is 392 g/mol. The molecule has 0 spiro atoms. The quantitative estimate of drug-likeness (QED) is 0.451. The zero-order valence-corrected chi connectivity index (χ0v) is 14.5. The van der Waals surface area contributed by atoms with Crippen LogP contribution in [0.4, 0.5) is 18.3 Å². The number of carbonyl (C=O) groups is 1. The average Bonchev–Trinajstić information content (AvgIpc) is 2.93. The number of hydrogen-bond donors (Lipinski definition) is 1. The molecule has 10 heteroatoms. The molecule has 0 amide bonds. The van der Waals surface area contributed by atoms with Gasteiger partial charge in [0.1, 0.15) is 0 Å². The molecule has 0 saturated carbocycles.